The van der Waals surface area contributed by atoms with E-state index in [4.69, 9.17) is 11.6 Å². The second kappa shape index (κ2) is 4.34. The third-order valence-electron chi connectivity index (χ3n) is 2.33. The Morgan fingerprint density at radius 2 is 2.00 bits per heavy atom. The van der Waals surface area contributed by atoms with Crippen molar-refractivity contribution in [3.8, 4) is 5.82 Å². The molecule has 0 aliphatic carbocycles. The number of nitro groups is 1. The van der Waals surface area contributed by atoms with E-state index in [-0.39, 0.29) is 16.5 Å². The van der Waals surface area contributed by atoms with Gasteiger partial charge in [-0.2, -0.15) is 9.78 Å². The molecule has 0 aliphatic rings. The van der Waals surface area contributed by atoms with Crippen molar-refractivity contribution in [3.63, 3.8) is 0 Å². The van der Waals surface area contributed by atoms with Gasteiger partial charge in [-0.1, -0.05) is 11.6 Å². The lowest BCUT2D eigenvalue weighted by Gasteiger charge is -2.03. The Hall–Kier alpha value is -2.02. The Labute approximate surface area is 108 Å². The van der Waals surface area contributed by atoms with Crippen LogP contribution >= 0.6 is 11.6 Å². The molecule has 0 saturated carbocycles. The van der Waals surface area contributed by atoms with Crippen LogP contribution in [0.1, 0.15) is 17.2 Å². The number of nitrogens with zero attached hydrogens (tertiary/aromatic N) is 5. The van der Waals surface area contributed by atoms with Crippen LogP contribution in [0.2, 0.25) is 5.15 Å². The van der Waals surface area contributed by atoms with Gasteiger partial charge in [0, 0.05) is 11.8 Å². The predicted molar refractivity (Wildman–Crippen MR) is 65.0 cm³/mol. The summed E-state index contributed by atoms with van der Waals surface area (Å²) in [6.45, 7) is 5.06. The smallest absolute Gasteiger partial charge is 0.258 e. The minimum atomic E-state index is -0.554. The molecular weight excluding hydrogens is 258 g/mol. The van der Waals surface area contributed by atoms with E-state index >= 15 is 0 Å². The summed E-state index contributed by atoms with van der Waals surface area (Å²) < 4.78 is 1.25. The highest BCUT2D eigenvalue weighted by atomic mass is 35.5. The molecule has 2 heterocycles. The topological polar surface area (TPSA) is 86.7 Å². The second-order valence-electron chi connectivity index (χ2n) is 3.81. The maximum absolute atomic E-state index is 10.9. The largest absolute Gasteiger partial charge is 0.329 e. The van der Waals surface area contributed by atoms with Crippen LogP contribution in [-0.2, 0) is 0 Å². The molecule has 0 radical (unpaired) electrons. The van der Waals surface area contributed by atoms with Crippen LogP contribution < -0.4 is 0 Å². The summed E-state index contributed by atoms with van der Waals surface area (Å²) in [4.78, 5) is 18.6. The van der Waals surface area contributed by atoms with E-state index in [1.807, 2.05) is 0 Å². The summed E-state index contributed by atoms with van der Waals surface area (Å²) in [5.74, 6) is 0.970. The average Bonchev–Trinajstić information content (AvgIpc) is 2.52. The van der Waals surface area contributed by atoms with Gasteiger partial charge in [0.05, 0.1) is 4.92 Å². The van der Waals surface area contributed by atoms with Crippen LogP contribution in [0.15, 0.2) is 6.07 Å². The van der Waals surface area contributed by atoms with Gasteiger partial charge in [-0.05, 0) is 20.8 Å². The minimum Gasteiger partial charge on any atom is -0.258 e. The summed E-state index contributed by atoms with van der Waals surface area (Å²) in [6.07, 6.45) is 0. The highest BCUT2D eigenvalue weighted by molar-refractivity contribution is 6.32. The van der Waals surface area contributed by atoms with Gasteiger partial charge in [0.2, 0.25) is 5.15 Å². The molecule has 2 aromatic rings. The molecule has 0 spiro atoms. The van der Waals surface area contributed by atoms with Gasteiger partial charge in [-0.25, -0.2) is 9.97 Å². The molecular formula is C10H10ClN5O2. The highest BCUT2D eigenvalue weighted by Gasteiger charge is 2.25. The molecule has 0 amide bonds. The van der Waals surface area contributed by atoms with Gasteiger partial charge in [0.15, 0.2) is 5.82 Å². The highest BCUT2D eigenvalue weighted by Crippen LogP contribution is 2.29. The van der Waals surface area contributed by atoms with Crippen LogP contribution in [0.4, 0.5) is 5.69 Å². The van der Waals surface area contributed by atoms with Crippen LogP contribution in [0.25, 0.3) is 5.82 Å². The van der Waals surface area contributed by atoms with E-state index < -0.39 is 4.92 Å². The summed E-state index contributed by atoms with van der Waals surface area (Å²) in [6, 6.07) is 1.66. The van der Waals surface area contributed by atoms with Gasteiger partial charge < -0.3 is 0 Å². The molecule has 8 heteroatoms. The normalized spacial score (nSPS) is 10.7. The number of hydrogen-bond donors (Lipinski definition) is 0. The van der Waals surface area contributed by atoms with Crippen molar-refractivity contribution in [2.45, 2.75) is 20.8 Å². The molecule has 18 heavy (non-hydrogen) atoms. The molecule has 0 unspecified atom stereocenters. The number of rotatable bonds is 2. The molecule has 94 valence electrons. The summed E-state index contributed by atoms with van der Waals surface area (Å²) in [5.41, 5.74) is 0.786. The first-order chi connectivity index (χ1) is 8.40. The van der Waals surface area contributed by atoms with Gasteiger partial charge >= 0.3 is 5.69 Å². The molecule has 0 fully saturated rings. The monoisotopic (exact) mass is 267 g/mol. The Morgan fingerprint density at radius 1 is 1.33 bits per heavy atom. The lowest BCUT2D eigenvalue weighted by molar-refractivity contribution is -0.385. The van der Waals surface area contributed by atoms with Crippen molar-refractivity contribution in [1.29, 1.82) is 0 Å². The fourth-order valence-electron chi connectivity index (χ4n) is 1.66. The van der Waals surface area contributed by atoms with Crippen molar-refractivity contribution in [2.24, 2.45) is 0 Å². The van der Waals surface area contributed by atoms with Crippen LogP contribution in [-0.4, -0.2) is 24.7 Å². The molecule has 0 atom stereocenters. The predicted octanol–water partition coefficient (Wildman–Crippen LogP) is 2.15. The number of aromatic nitrogens is 4. The van der Waals surface area contributed by atoms with Gasteiger partial charge in [-0.15, -0.1) is 0 Å². The average molecular weight is 268 g/mol. The SMILES string of the molecule is Cc1cc(-n2nc(C)c([N+](=O)[O-])c2Cl)nc(C)n1. The Bertz CT molecular complexity index is 617. The van der Waals surface area contributed by atoms with E-state index in [1.165, 1.54) is 11.6 Å². The molecule has 0 bridgehead atoms. The standard InChI is InChI=1S/C10H10ClN5O2/c1-5-4-8(13-7(3)12-5)15-10(11)9(16(17)18)6(2)14-15/h4H,1-3H3. The lowest BCUT2D eigenvalue weighted by Crippen LogP contribution is -2.03. The van der Waals surface area contributed by atoms with E-state index in [0.29, 0.717) is 11.6 Å². The van der Waals surface area contributed by atoms with E-state index in [0.717, 1.165) is 5.69 Å². The fourth-order valence-corrected chi connectivity index (χ4v) is 1.99. The van der Waals surface area contributed by atoms with Gasteiger partial charge in [0.25, 0.3) is 0 Å². The third kappa shape index (κ3) is 2.04. The number of aryl methyl sites for hydroxylation is 3. The van der Waals surface area contributed by atoms with E-state index in [2.05, 4.69) is 15.1 Å². The molecule has 0 aromatic carbocycles. The van der Waals surface area contributed by atoms with E-state index in [9.17, 15) is 10.1 Å². The molecule has 0 N–H and O–H groups in total. The first kappa shape index (κ1) is 12.4. The van der Waals surface area contributed by atoms with Crippen LogP contribution in [0.3, 0.4) is 0 Å². The fraction of sp³-hybridized carbons (Fsp3) is 0.300. The quantitative estimate of drug-likeness (QED) is 0.614. The first-order valence-corrected chi connectivity index (χ1v) is 5.50. The number of hydrogen-bond acceptors (Lipinski definition) is 5. The van der Waals surface area contributed by atoms with Crippen LogP contribution in [0.5, 0.6) is 0 Å². The van der Waals surface area contributed by atoms with E-state index in [1.54, 1.807) is 19.9 Å². The van der Waals surface area contributed by atoms with Crippen molar-refractivity contribution in [3.05, 3.63) is 38.5 Å². The Balaban J connectivity index is 2.65. The van der Waals surface area contributed by atoms with Gasteiger partial charge in [-0.3, -0.25) is 10.1 Å². The zero-order valence-corrected chi connectivity index (χ0v) is 10.8. The Kier molecular flexibility index (Phi) is 3.00. The van der Waals surface area contributed by atoms with Crippen LogP contribution in [0, 0.1) is 30.9 Å². The summed E-state index contributed by atoms with van der Waals surface area (Å²) >= 11 is 5.96. The van der Waals surface area contributed by atoms with Crippen molar-refractivity contribution in [2.75, 3.05) is 0 Å². The third-order valence-corrected chi connectivity index (χ3v) is 2.67. The maximum Gasteiger partial charge on any atom is 0.329 e. The zero-order chi connectivity index (χ0) is 13.4. The zero-order valence-electron chi connectivity index (χ0n) is 10.0. The molecule has 2 rings (SSSR count). The first-order valence-electron chi connectivity index (χ1n) is 5.12. The Morgan fingerprint density at radius 3 is 2.50 bits per heavy atom. The van der Waals surface area contributed by atoms with Crippen molar-refractivity contribution in [1.82, 2.24) is 19.7 Å². The molecule has 0 saturated heterocycles. The maximum atomic E-state index is 10.9. The number of halogens is 1. The molecule has 2 aromatic heterocycles. The van der Waals surface area contributed by atoms with Crippen molar-refractivity contribution >= 4 is 17.3 Å². The summed E-state index contributed by atoms with van der Waals surface area (Å²) in [5, 5.41) is 14.8. The minimum absolute atomic E-state index is 0.0602. The summed E-state index contributed by atoms with van der Waals surface area (Å²) in [7, 11) is 0. The molecule has 0 aliphatic heterocycles. The molecule has 7 nitrogen and oxygen atoms in total. The second-order valence-corrected chi connectivity index (χ2v) is 4.17. The lowest BCUT2D eigenvalue weighted by atomic mass is 10.4. The van der Waals surface area contributed by atoms with Crippen molar-refractivity contribution < 1.29 is 4.92 Å². The van der Waals surface area contributed by atoms with Gasteiger partial charge in [0.1, 0.15) is 11.5 Å².